The van der Waals surface area contributed by atoms with Crippen molar-refractivity contribution >= 4 is 17.7 Å². The first-order chi connectivity index (χ1) is 16.2. The lowest BCUT2D eigenvalue weighted by molar-refractivity contribution is -0.181. The predicted molar refractivity (Wildman–Crippen MR) is 127 cm³/mol. The van der Waals surface area contributed by atoms with Crippen molar-refractivity contribution in [1.82, 2.24) is 5.32 Å². The fourth-order valence-corrected chi connectivity index (χ4v) is 6.50. The molecule has 2 saturated heterocycles. The zero-order chi connectivity index (χ0) is 24.3. The number of rotatable bonds is 2. The van der Waals surface area contributed by atoms with Gasteiger partial charge in [-0.2, -0.15) is 0 Å². The van der Waals surface area contributed by atoms with E-state index < -0.39 is 17.5 Å². The van der Waals surface area contributed by atoms with Gasteiger partial charge < -0.3 is 14.8 Å². The predicted octanol–water partition coefficient (Wildman–Crippen LogP) is 3.55. The van der Waals surface area contributed by atoms with E-state index in [1.54, 1.807) is 13.0 Å². The summed E-state index contributed by atoms with van der Waals surface area (Å²) in [4.78, 5) is 39.5. The van der Waals surface area contributed by atoms with Crippen LogP contribution in [0.15, 0.2) is 54.1 Å². The summed E-state index contributed by atoms with van der Waals surface area (Å²) in [7, 11) is 0. The molecule has 3 fully saturated rings. The first-order valence-corrected chi connectivity index (χ1v) is 12.3. The Labute approximate surface area is 200 Å². The average molecular weight is 464 g/mol. The lowest BCUT2D eigenvalue weighted by atomic mass is 9.59. The number of epoxide rings is 1. The van der Waals surface area contributed by atoms with Gasteiger partial charge in [-0.25, -0.2) is 0 Å². The molecule has 180 valence electrons. The number of amides is 1. The van der Waals surface area contributed by atoms with Gasteiger partial charge in [-0.1, -0.05) is 62.4 Å². The molecule has 1 aliphatic carbocycles. The van der Waals surface area contributed by atoms with Gasteiger partial charge in [0.25, 0.3) is 5.91 Å². The van der Waals surface area contributed by atoms with E-state index in [0.29, 0.717) is 18.4 Å². The number of ether oxygens (including phenoxy) is 2. The van der Waals surface area contributed by atoms with Gasteiger partial charge in [0, 0.05) is 17.9 Å². The molecule has 3 aliphatic heterocycles. The molecule has 8 atom stereocenters. The monoisotopic (exact) mass is 463 g/mol. The Morgan fingerprint density at radius 3 is 2.59 bits per heavy atom. The number of benzene rings is 1. The fourth-order valence-electron chi connectivity index (χ4n) is 6.50. The third-order valence-electron chi connectivity index (χ3n) is 8.58. The summed E-state index contributed by atoms with van der Waals surface area (Å²) in [6, 6.07) is 9.89. The molecule has 1 N–H and O–H groups in total. The van der Waals surface area contributed by atoms with E-state index in [1.807, 2.05) is 37.3 Å². The van der Waals surface area contributed by atoms with Crippen LogP contribution in [-0.2, 0) is 30.3 Å². The zero-order valence-corrected chi connectivity index (χ0v) is 20.2. The van der Waals surface area contributed by atoms with E-state index in [9.17, 15) is 14.4 Å². The van der Waals surface area contributed by atoms with Gasteiger partial charge >= 0.3 is 5.97 Å². The molecule has 3 heterocycles. The molecule has 1 amide bonds. The lowest BCUT2D eigenvalue weighted by Gasteiger charge is -2.46. The number of hydrogen-bond acceptors (Lipinski definition) is 5. The molecule has 0 bridgehead atoms. The molecule has 1 aromatic rings. The van der Waals surface area contributed by atoms with Gasteiger partial charge in [-0.3, -0.25) is 14.4 Å². The minimum atomic E-state index is -1.33. The Balaban J connectivity index is 1.58. The quantitative estimate of drug-likeness (QED) is 0.412. The molecule has 0 aromatic heterocycles. The summed E-state index contributed by atoms with van der Waals surface area (Å²) in [6.07, 6.45) is 6.53. The van der Waals surface area contributed by atoms with Gasteiger partial charge in [0.05, 0.1) is 24.0 Å². The highest BCUT2D eigenvalue weighted by Crippen LogP contribution is 2.63. The number of Topliss-reactive ketones (excluding diaryl/α,β-unsaturated/α-hetero) is 1. The molecule has 1 spiro atoms. The summed E-state index contributed by atoms with van der Waals surface area (Å²) < 4.78 is 12.5. The molecule has 6 heteroatoms. The van der Waals surface area contributed by atoms with Crippen molar-refractivity contribution in [1.29, 1.82) is 0 Å². The molecule has 34 heavy (non-hydrogen) atoms. The first-order valence-electron chi connectivity index (χ1n) is 12.3. The van der Waals surface area contributed by atoms with E-state index in [1.165, 1.54) is 0 Å². The number of carbonyl (C=O) groups is 3. The Kier molecular flexibility index (Phi) is 5.55. The number of ketones is 1. The number of fused-ring (bicyclic) bond motifs is 2. The zero-order valence-electron chi connectivity index (χ0n) is 20.2. The minimum absolute atomic E-state index is 0.00768. The highest BCUT2D eigenvalue weighted by molar-refractivity contribution is 5.97. The highest BCUT2D eigenvalue weighted by atomic mass is 16.6. The van der Waals surface area contributed by atoms with E-state index in [-0.39, 0.29) is 53.6 Å². The topological polar surface area (TPSA) is 85.0 Å². The molecule has 5 rings (SSSR count). The second kappa shape index (κ2) is 8.19. The summed E-state index contributed by atoms with van der Waals surface area (Å²) in [5.41, 5.74) is -0.0388. The van der Waals surface area contributed by atoms with Gasteiger partial charge in [0.1, 0.15) is 0 Å². The van der Waals surface area contributed by atoms with Crippen molar-refractivity contribution in [3.63, 3.8) is 0 Å². The van der Waals surface area contributed by atoms with E-state index in [2.05, 4.69) is 31.3 Å². The van der Waals surface area contributed by atoms with Gasteiger partial charge in [0.15, 0.2) is 5.78 Å². The fraction of sp³-hybridized carbons (Fsp3) is 0.536. The molecule has 1 aromatic carbocycles. The summed E-state index contributed by atoms with van der Waals surface area (Å²) in [5, 5.41) is 3.21. The largest absolute Gasteiger partial charge is 0.448 e. The van der Waals surface area contributed by atoms with Crippen LogP contribution in [0.25, 0.3) is 0 Å². The highest BCUT2D eigenvalue weighted by Gasteiger charge is 2.78. The summed E-state index contributed by atoms with van der Waals surface area (Å²) in [6.45, 7) is 7.83. The Morgan fingerprint density at radius 1 is 1.12 bits per heavy atom. The lowest BCUT2D eigenvalue weighted by Crippen LogP contribution is -2.61. The van der Waals surface area contributed by atoms with Crippen molar-refractivity contribution in [2.24, 2.45) is 23.7 Å². The first kappa shape index (κ1) is 23.0. The van der Waals surface area contributed by atoms with Crippen LogP contribution >= 0.6 is 0 Å². The molecule has 0 unspecified atom stereocenters. The minimum Gasteiger partial charge on any atom is -0.448 e. The third kappa shape index (κ3) is 3.46. The number of esters is 1. The van der Waals surface area contributed by atoms with Gasteiger partial charge in [-0.15, -0.1) is 0 Å². The van der Waals surface area contributed by atoms with Crippen LogP contribution in [0.4, 0.5) is 0 Å². The smallest absolute Gasteiger partial charge is 0.310 e. The third-order valence-corrected chi connectivity index (χ3v) is 8.58. The standard InChI is InChI=1S/C28H33NO5/c1-16-9-8-12-20-25-27(4,34-25)18(3)23-21(15-19-10-6-5-7-11-19)29-26(32)28(20,23)33-22(30)14-13-17(2)24(16)31/h5-8,10-13,16,18,20-21,23,25H,9,14-15H2,1-4H3,(H,29,32)/t16-,18+,20+,21+,23+,25-,27-,28-/m0/s1. The van der Waals surface area contributed by atoms with Crippen LogP contribution in [0.2, 0.25) is 0 Å². The number of hydrogen-bond donors (Lipinski definition) is 1. The van der Waals surface area contributed by atoms with Crippen LogP contribution in [0, 0.1) is 23.7 Å². The van der Waals surface area contributed by atoms with Crippen LogP contribution in [0.3, 0.4) is 0 Å². The SMILES string of the molecule is CC1=CCC(=O)O[C@]23C(=O)N[C@H](Cc4ccccc4)[C@H]2[C@@H](C)[C@]2(C)O[C@H]2[C@H]3C=CC[C@H](C)C1=O. The second-order valence-corrected chi connectivity index (χ2v) is 10.6. The average Bonchev–Trinajstić information content (AvgIpc) is 3.43. The maximum absolute atomic E-state index is 13.8. The maximum atomic E-state index is 13.8. The number of carbonyl (C=O) groups excluding carboxylic acids is 3. The van der Waals surface area contributed by atoms with E-state index in [0.717, 1.165) is 5.56 Å². The number of nitrogens with one attached hydrogen (secondary N) is 1. The van der Waals surface area contributed by atoms with Crippen LogP contribution in [0.5, 0.6) is 0 Å². The Morgan fingerprint density at radius 2 is 1.85 bits per heavy atom. The maximum Gasteiger partial charge on any atom is 0.310 e. The molecule has 0 radical (unpaired) electrons. The van der Waals surface area contributed by atoms with Crippen LogP contribution in [0.1, 0.15) is 46.1 Å². The number of allylic oxidation sites excluding steroid dienone is 2. The molecule has 4 aliphatic rings. The molecular formula is C28H33NO5. The van der Waals surface area contributed by atoms with Crippen LogP contribution in [-0.4, -0.2) is 41.0 Å². The normalized spacial score (nSPS) is 41.6. The molecule has 1 saturated carbocycles. The van der Waals surface area contributed by atoms with Crippen molar-refractivity contribution in [2.45, 2.75) is 70.3 Å². The summed E-state index contributed by atoms with van der Waals surface area (Å²) in [5.74, 6) is -1.55. The van der Waals surface area contributed by atoms with Crippen molar-refractivity contribution in [2.75, 3.05) is 0 Å². The second-order valence-electron chi connectivity index (χ2n) is 10.6. The summed E-state index contributed by atoms with van der Waals surface area (Å²) >= 11 is 0. The van der Waals surface area contributed by atoms with E-state index in [4.69, 9.17) is 9.47 Å². The van der Waals surface area contributed by atoms with E-state index >= 15 is 0 Å². The van der Waals surface area contributed by atoms with Gasteiger partial charge in [0.2, 0.25) is 5.60 Å². The van der Waals surface area contributed by atoms with Gasteiger partial charge in [-0.05, 0) is 43.7 Å². The Hall–Kier alpha value is -2.73. The van der Waals surface area contributed by atoms with Crippen LogP contribution < -0.4 is 5.32 Å². The Bertz CT molecular complexity index is 1080. The van der Waals surface area contributed by atoms with Crippen molar-refractivity contribution < 1.29 is 23.9 Å². The van der Waals surface area contributed by atoms with Crippen molar-refractivity contribution in [3.05, 3.63) is 59.7 Å². The molecule has 6 nitrogen and oxygen atoms in total. The van der Waals surface area contributed by atoms with Crippen molar-refractivity contribution in [3.8, 4) is 0 Å². The molecular weight excluding hydrogens is 430 g/mol.